The Kier molecular flexibility index (Phi) is 8.32. The van der Waals surface area contributed by atoms with Crippen LogP contribution < -0.4 is 16.0 Å². The average molecular weight is 479 g/mol. The molecule has 0 spiro atoms. The molecule has 3 rings (SSSR count). The van der Waals surface area contributed by atoms with Gasteiger partial charge < -0.3 is 31.0 Å². The number of halogens is 3. The zero-order valence-electron chi connectivity index (χ0n) is 19.1. The van der Waals surface area contributed by atoms with Crippen LogP contribution in [0.2, 0.25) is 0 Å². The van der Waals surface area contributed by atoms with Gasteiger partial charge in [0.15, 0.2) is 0 Å². The SMILES string of the molecule is CN/C=C(\C=N)c1cc(F)c(NC(=N)C2=C(NC3CCOC3)CCN(C(C)=O)C2)cc1C(F)F. The number of hydrogen-bond acceptors (Lipinski definition) is 6. The fourth-order valence-electron chi connectivity index (χ4n) is 3.99. The molecule has 2 aliphatic heterocycles. The fourth-order valence-corrected chi connectivity index (χ4v) is 3.99. The minimum absolute atomic E-state index is 0.0710. The largest absolute Gasteiger partial charge is 0.393 e. The summed E-state index contributed by atoms with van der Waals surface area (Å²) < 4.78 is 47.9. The predicted octanol–water partition coefficient (Wildman–Crippen LogP) is 3.25. The van der Waals surface area contributed by atoms with Crippen LogP contribution in [-0.2, 0) is 9.53 Å². The molecule has 8 nitrogen and oxygen atoms in total. The monoisotopic (exact) mass is 478 g/mol. The molecule has 11 heteroatoms. The molecule has 1 atom stereocenters. The van der Waals surface area contributed by atoms with Gasteiger partial charge in [0.25, 0.3) is 6.43 Å². The highest BCUT2D eigenvalue weighted by molar-refractivity contribution is 6.10. The Hall–Kier alpha value is -3.34. The Morgan fingerprint density at radius 3 is 2.71 bits per heavy atom. The van der Waals surface area contributed by atoms with Gasteiger partial charge in [0.2, 0.25) is 5.91 Å². The molecule has 1 unspecified atom stereocenters. The lowest BCUT2D eigenvalue weighted by molar-refractivity contribution is -0.128. The summed E-state index contributed by atoms with van der Waals surface area (Å²) in [6, 6.07) is 1.96. The highest BCUT2D eigenvalue weighted by Crippen LogP contribution is 2.32. The minimum atomic E-state index is -2.92. The molecular weight excluding hydrogens is 449 g/mol. The van der Waals surface area contributed by atoms with Crippen LogP contribution in [0.1, 0.15) is 37.3 Å². The van der Waals surface area contributed by atoms with Crippen molar-refractivity contribution in [3.8, 4) is 0 Å². The van der Waals surface area contributed by atoms with Crippen LogP contribution in [-0.4, -0.2) is 62.3 Å². The van der Waals surface area contributed by atoms with Crippen molar-refractivity contribution in [1.82, 2.24) is 15.5 Å². The Morgan fingerprint density at radius 1 is 1.35 bits per heavy atom. The number of amides is 1. The van der Waals surface area contributed by atoms with E-state index in [-0.39, 0.29) is 41.2 Å². The van der Waals surface area contributed by atoms with Gasteiger partial charge in [-0.3, -0.25) is 10.2 Å². The maximum Gasteiger partial charge on any atom is 0.264 e. The van der Waals surface area contributed by atoms with E-state index >= 15 is 0 Å². The van der Waals surface area contributed by atoms with Crippen LogP contribution in [0.3, 0.4) is 0 Å². The van der Waals surface area contributed by atoms with Crippen molar-refractivity contribution < 1.29 is 22.7 Å². The molecule has 184 valence electrons. The van der Waals surface area contributed by atoms with Crippen molar-refractivity contribution in [3.63, 3.8) is 0 Å². The number of amidine groups is 1. The topological polar surface area (TPSA) is 113 Å². The number of nitrogens with zero attached hydrogens (tertiary/aromatic N) is 1. The second kappa shape index (κ2) is 11.2. The Balaban J connectivity index is 1.94. The molecule has 1 aromatic rings. The zero-order valence-corrected chi connectivity index (χ0v) is 19.1. The number of ether oxygens (including phenoxy) is 1. The number of benzene rings is 1. The molecule has 0 saturated carbocycles. The van der Waals surface area contributed by atoms with Gasteiger partial charge in [-0.15, -0.1) is 0 Å². The van der Waals surface area contributed by atoms with Crippen molar-refractivity contribution in [2.75, 3.05) is 38.7 Å². The molecular formula is C23H29F3N6O2. The first-order chi connectivity index (χ1) is 16.2. The number of alkyl halides is 2. The predicted molar refractivity (Wildman–Crippen MR) is 125 cm³/mol. The van der Waals surface area contributed by atoms with Gasteiger partial charge in [-0.2, -0.15) is 0 Å². The number of allylic oxidation sites excluding steroid dienone is 1. The van der Waals surface area contributed by atoms with Gasteiger partial charge >= 0.3 is 0 Å². The average Bonchev–Trinajstić information content (AvgIpc) is 3.31. The van der Waals surface area contributed by atoms with E-state index in [2.05, 4.69) is 16.0 Å². The summed E-state index contributed by atoms with van der Waals surface area (Å²) in [5.41, 5.74) is 0.443. The van der Waals surface area contributed by atoms with Crippen LogP contribution in [0.15, 0.2) is 29.6 Å². The van der Waals surface area contributed by atoms with Gasteiger partial charge in [-0.1, -0.05) is 0 Å². The molecule has 0 radical (unpaired) electrons. The van der Waals surface area contributed by atoms with E-state index in [9.17, 15) is 18.0 Å². The normalized spacial score (nSPS) is 18.8. The van der Waals surface area contributed by atoms with Crippen molar-refractivity contribution in [2.24, 2.45) is 0 Å². The lowest BCUT2D eigenvalue weighted by Gasteiger charge is -2.32. The lowest BCUT2D eigenvalue weighted by atomic mass is 9.99. The summed E-state index contributed by atoms with van der Waals surface area (Å²) in [5, 5.41) is 24.7. The van der Waals surface area contributed by atoms with Crippen molar-refractivity contribution >= 4 is 29.2 Å². The van der Waals surface area contributed by atoms with E-state index in [4.69, 9.17) is 15.6 Å². The number of rotatable bonds is 8. The van der Waals surface area contributed by atoms with Crippen molar-refractivity contribution in [3.05, 3.63) is 46.5 Å². The summed E-state index contributed by atoms with van der Waals surface area (Å²) in [6.07, 6.45) is 0.553. The molecule has 0 bridgehead atoms. The number of nitrogens with one attached hydrogen (secondary N) is 5. The first-order valence-corrected chi connectivity index (χ1v) is 10.9. The smallest absolute Gasteiger partial charge is 0.264 e. The van der Waals surface area contributed by atoms with E-state index in [0.717, 1.165) is 30.5 Å². The van der Waals surface area contributed by atoms with E-state index in [1.54, 1.807) is 11.9 Å². The fraction of sp³-hybridized carbons (Fsp3) is 0.435. The van der Waals surface area contributed by atoms with Crippen LogP contribution in [0, 0.1) is 16.6 Å². The van der Waals surface area contributed by atoms with Crippen LogP contribution in [0.4, 0.5) is 18.9 Å². The number of anilines is 1. The van der Waals surface area contributed by atoms with E-state index in [0.29, 0.717) is 31.8 Å². The van der Waals surface area contributed by atoms with Gasteiger partial charge in [0, 0.05) is 68.4 Å². The Bertz CT molecular complexity index is 1020. The summed E-state index contributed by atoms with van der Waals surface area (Å²) in [7, 11) is 1.55. The van der Waals surface area contributed by atoms with Crippen LogP contribution in [0.5, 0.6) is 0 Å². The Labute approximate surface area is 196 Å². The third kappa shape index (κ3) is 5.77. The zero-order chi connectivity index (χ0) is 24.8. The minimum Gasteiger partial charge on any atom is -0.393 e. The van der Waals surface area contributed by atoms with E-state index in [1.165, 1.54) is 13.1 Å². The molecule has 0 aliphatic carbocycles. The molecule has 0 aromatic heterocycles. The lowest BCUT2D eigenvalue weighted by Crippen LogP contribution is -2.42. The highest BCUT2D eigenvalue weighted by Gasteiger charge is 2.27. The number of hydrogen-bond donors (Lipinski definition) is 5. The van der Waals surface area contributed by atoms with Gasteiger partial charge in [-0.25, -0.2) is 13.2 Å². The third-order valence-electron chi connectivity index (χ3n) is 5.80. The van der Waals surface area contributed by atoms with E-state index in [1.807, 2.05) is 0 Å². The third-order valence-corrected chi connectivity index (χ3v) is 5.80. The van der Waals surface area contributed by atoms with Crippen molar-refractivity contribution in [2.45, 2.75) is 32.2 Å². The first-order valence-electron chi connectivity index (χ1n) is 10.9. The van der Waals surface area contributed by atoms with Crippen LogP contribution >= 0.6 is 0 Å². The maximum atomic E-state index is 14.9. The van der Waals surface area contributed by atoms with E-state index < -0.39 is 17.8 Å². The summed E-state index contributed by atoms with van der Waals surface area (Å²) in [4.78, 5) is 13.5. The molecule has 34 heavy (non-hydrogen) atoms. The second-order valence-electron chi connectivity index (χ2n) is 8.11. The van der Waals surface area contributed by atoms with Gasteiger partial charge in [-0.05, 0) is 24.1 Å². The molecule has 1 saturated heterocycles. The summed E-state index contributed by atoms with van der Waals surface area (Å²) >= 11 is 0. The van der Waals surface area contributed by atoms with Crippen LogP contribution in [0.25, 0.3) is 5.57 Å². The quantitative estimate of drug-likeness (QED) is 0.291. The molecule has 5 N–H and O–H groups in total. The molecule has 1 aromatic carbocycles. The standard InChI is InChI=1S/C23H29F3N6O2/c1-13(33)32-5-3-20(30-15-4-6-34-12-15)18(11-32)23(28)31-21-8-17(22(25)26)16(7-19(21)24)14(9-27)10-29-2/h7-10,15,22,27,29-30H,3-6,11-12H2,1-2H3,(H2,28,31)/b14-10+,27-9?. The van der Waals surface area contributed by atoms with Gasteiger partial charge in [0.1, 0.15) is 11.7 Å². The van der Waals surface area contributed by atoms with Gasteiger partial charge in [0.05, 0.1) is 24.9 Å². The first kappa shape index (κ1) is 25.3. The molecule has 1 fully saturated rings. The number of carbonyl (C=O) groups excluding carboxylic acids is 1. The second-order valence-corrected chi connectivity index (χ2v) is 8.11. The Morgan fingerprint density at radius 2 is 2.12 bits per heavy atom. The number of carbonyl (C=O) groups is 1. The molecule has 1 amide bonds. The highest BCUT2D eigenvalue weighted by atomic mass is 19.3. The van der Waals surface area contributed by atoms with Crippen molar-refractivity contribution in [1.29, 1.82) is 10.8 Å². The molecule has 2 aliphatic rings. The summed E-state index contributed by atoms with van der Waals surface area (Å²) in [6.45, 7) is 3.21. The summed E-state index contributed by atoms with van der Waals surface area (Å²) in [5.74, 6) is -1.18. The molecule has 2 heterocycles. The maximum absolute atomic E-state index is 14.9.